The molecule has 1 amide bonds. The summed E-state index contributed by atoms with van der Waals surface area (Å²) < 4.78 is 11.1. The van der Waals surface area contributed by atoms with Crippen LogP contribution in [0.5, 0.6) is 5.75 Å². The number of rotatable bonds is 6. The fourth-order valence-electron chi connectivity index (χ4n) is 3.45. The van der Waals surface area contributed by atoms with E-state index in [1.807, 2.05) is 61.5 Å². The van der Waals surface area contributed by atoms with Crippen LogP contribution in [0.3, 0.4) is 0 Å². The van der Waals surface area contributed by atoms with Crippen molar-refractivity contribution in [3.05, 3.63) is 94.9 Å². The number of hydrogen-bond donors (Lipinski definition) is 1. The Balaban J connectivity index is 1.38. The Bertz CT molecular complexity index is 1240. The molecule has 0 saturated heterocycles. The Morgan fingerprint density at radius 1 is 1.06 bits per heavy atom. The highest BCUT2D eigenvalue weighted by atomic mass is 16.5. The molecule has 4 aromatic rings. The number of amides is 1. The quantitative estimate of drug-likeness (QED) is 0.413. The lowest BCUT2D eigenvalue weighted by Gasteiger charge is -2.04. The first kappa shape index (κ1) is 20.4. The van der Waals surface area contributed by atoms with Crippen molar-refractivity contribution in [3.63, 3.8) is 0 Å². The molecule has 1 aromatic heterocycles. The number of aryl methyl sites for hydroxylation is 2. The zero-order chi connectivity index (χ0) is 21.8. The van der Waals surface area contributed by atoms with Crippen LogP contribution in [-0.2, 0) is 11.2 Å². The largest absolute Gasteiger partial charge is 0.497 e. The van der Waals surface area contributed by atoms with E-state index in [0.29, 0.717) is 12.3 Å². The van der Waals surface area contributed by atoms with Gasteiger partial charge in [0.15, 0.2) is 11.5 Å². The van der Waals surface area contributed by atoms with E-state index in [9.17, 15) is 4.79 Å². The molecule has 0 radical (unpaired) electrons. The van der Waals surface area contributed by atoms with Gasteiger partial charge in [0.1, 0.15) is 11.3 Å². The van der Waals surface area contributed by atoms with Crippen molar-refractivity contribution in [2.75, 3.05) is 12.4 Å². The molecule has 0 spiro atoms. The molecule has 0 atom stereocenters. The molecule has 31 heavy (non-hydrogen) atoms. The summed E-state index contributed by atoms with van der Waals surface area (Å²) in [6.07, 6.45) is 3.87. The van der Waals surface area contributed by atoms with E-state index in [1.54, 1.807) is 13.2 Å². The highest BCUT2D eigenvalue weighted by Gasteiger charge is 2.10. The number of benzene rings is 3. The van der Waals surface area contributed by atoms with E-state index in [-0.39, 0.29) is 5.91 Å². The van der Waals surface area contributed by atoms with Crippen LogP contribution in [0.25, 0.3) is 17.2 Å². The standard InChI is InChI=1S/C26H24N2O3/c1-17-14-18(2)26-23(15-17)28-25(31-26)16-20-4-9-21(10-5-20)27-24(29)13-8-19-6-11-22(30-3)12-7-19/h4-15H,16H2,1-3H3,(H,27,29)/b13-8+. The van der Waals surface area contributed by atoms with Crippen LogP contribution in [0.15, 0.2) is 71.2 Å². The number of ether oxygens (including phenoxy) is 1. The van der Waals surface area contributed by atoms with Crippen molar-refractivity contribution in [2.45, 2.75) is 20.3 Å². The molecule has 0 aliphatic heterocycles. The fraction of sp³-hybridized carbons (Fsp3) is 0.154. The maximum absolute atomic E-state index is 12.2. The highest BCUT2D eigenvalue weighted by Crippen LogP contribution is 2.23. The third-order valence-corrected chi connectivity index (χ3v) is 4.98. The number of methoxy groups -OCH3 is 1. The van der Waals surface area contributed by atoms with Crippen molar-refractivity contribution in [3.8, 4) is 5.75 Å². The molecular weight excluding hydrogens is 388 g/mol. The number of oxazole rings is 1. The van der Waals surface area contributed by atoms with Crippen molar-refractivity contribution < 1.29 is 13.9 Å². The summed E-state index contributed by atoms with van der Waals surface area (Å²) >= 11 is 0. The molecule has 3 aromatic carbocycles. The Kier molecular flexibility index (Phi) is 5.85. The summed E-state index contributed by atoms with van der Waals surface area (Å²) in [4.78, 5) is 16.8. The first-order valence-corrected chi connectivity index (χ1v) is 10.1. The van der Waals surface area contributed by atoms with Crippen molar-refractivity contribution in [2.24, 2.45) is 0 Å². The van der Waals surface area contributed by atoms with Gasteiger partial charge in [-0.15, -0.1) is 0 Å². The van der Waals surface area contributed by atoms with Gasteiger partial charge in [0.05, 0.1) is 7.11 Å². The average molecular weight is 412 g/mol. The molecule has 0 aliphatic rings. The lowest BCUT2D eigenvalue weighted by Crippen LogP contribution is -2.07. The summed E-state index contributed by atoms with van der Waals surface area (Å²) in [5, 5.41) is 2.87. The summed E-state index contributed by atoms with van der Waals surface area (Å²) in [5.74, 6) is 1.28. The second-order valence-corrected chi connectivity index (χ2v) is 7.51. The van der Waals surface area contributed by atoms with Gasteiger partial charge in [-0.25, -0.2) is 4.98 Å². The topological polar surface area (TPSA) is 64.4 Å². The second kappa shape index (κ2) is 8.88. The van der Waals surface area contributed by atoms with Crippen LogP contribution in [0.4, 0.5) is 5.69 Å². The van der Waals surface area contributed by atoms with Crippen molar-refractivity contribution >= 4 is 28.8 Å². The lowest BCUT2D eigenvalue weighted by molar-refractivity contribution is -0.111. The summed E-state index contributed by atoms with van der Waals surface area (Å²) in [5.41, 5.74) is 6.72. The third-order valence-electron chi connectivity index (χ3n) is 4.98. The average Bonchev–Trinajstić information content (AvgIpc) is 3.16. The van der Waals surface area contributed by atoms with E-state index in [2.05, 4.69) is 23.3 Å². The molecule has 0 unspecified atom stereocenters. The third kappa shape index (κ3) is 5.01. The zero-order valence-electron chi connectivity index (χ0n) is 17.8. The Morgan fingerprint density at radius 2 is 1.81 bits per heavy atom. The van der Waals surface area contributed by atoms with E-state index in [1.165, 1.54) is 11.6 Å². The SMILES string of the molecule is COc1ccc(/C=C/C(=O)Nc2ccc(Cc3nc4cc(C)cc(C)c4o3)cc2)cc1. The second-order valence-electron chi connectivity index (χ2n) is 7.51. The number of hydrogen-bond acceptors (Lipinski definition) is 4. The first-order chi connectivity index (χ1) is 15.0. The first-order valence-electron chi connectivity index (χ1n) is 10.1. The molecule has 0 fully saturated rings. The Labute approximate surface area is 181 Å². The van der Waals surface area contributed by atoms with E-state index < -0.39 is 0 Å². The maximum atomic E-state index is 12.2. The van der Waals surface area contributed by atoms with Gasteiger partial charge in [-0.05, 0) is 72.5 Å². The monoisotopic (exact) mass is 412 g/mol. The van der Waals surface area contributed by atoms with E-state index in [0.717, 1.165) is 39.2 Å². The van der Waals surface area contributed by atoms with Gasteiger partial charge in [-0.2, -0.15) is 0 Å². The van der Waals surface area contributed by atoms with Gasteiger partial charge in [0, 0.05) is 18.2 Å². The summed E-state index contributed by atoms with van der Waals surface area (Å²) in [7, 11) is 1.62. The molecular formula is C26H24N2O3. The smallest absolute Gasteiger partial charge is 0.248 e. The maximum Gasteiger partial charge on any atom is 0.248 e. The minimum atomic E-state index is -0.187. The van der Waals surface area contributed by atoms with Crippen LogP contribution in [0.2, 0.25) is 0 Å². The van der Waals surface area contributed by atoms with Gasteiger partial charge < -0.3 is 14.5 Å². The molecule has 5 nitrogen and oxygen atoms in total. The number of nitrogens with zero attached hydrogens (tertiary/aromatic N) is 1. The number of fused-ring (bicyclic) bond motifs is 1. The molecule has 5 heteroatoms. The van der Waals surface area contributed by atoms with Gasteiger partial charge in [-0.1, -0.05) is 30.3 Å². The summed E-state index contributed by atoms with van der Waals surface area (Å²) in [6, 6.07) is 19.3. The summed E-state index contributed by atoms with van der Waals surface area (Å²) in [6.45, 7) is 4.09. The molecule has 156 valence electrons. The van der Waals surface area contributed by atoms with Gasteiger partial charge >= 0.3 is 0 Å². The van der Waals surface area contributed by atoms with Crippen LogP contribution >= 0.6 is 0 Å². The number of carbonyl (C=O) groups is 1. The van der Waals surface area contributed by atoms with E-state index in [4.69, 9.17) is 9.15 Å². The predicted molar refractivity (Wildman–Crippen MR) is 123 cm³/mol. The van der Waals surface area contributed by atoms with Crippen LogP contribution in [-0.4, -0.2) is 18.0 Å². The Morgan fingerprint density at radius 3 is 2.52 bits per heavy atom. The van der Waals surface area contributed by atoms with Crippen LogP contribution in [0.1, 0.15) is 28.1 Å². The highest BCUT2D eigenvalue weighted by molar-refractivity contribution is 6.01. The van der Waals surface area contributed by atoms with Crippen LogP contribution < -0.4 is 10.1 Å². The molecule has 0 saturated carbocycles. The molecule has 0 aliphatic carbocycles. The fourth-order valence-corrected chi connectivity index (χ4v) is 3.45. The van der Waals surface area contributed by atoms with Crippen LogP contribution in [0, 0.1) is 13.8 Å². The lowest BCUT2D eigenvalue weighted by atomic mass is 10.1. The Hall–Kier alpha value is -3.86. The van der Waals surface area contributed by atoms with E-state index >= 15 is 0 Å². The number of carbonyl (C=O) groups excluding carboxylic acids is 1. The molecule has 1 heterocycles. The minimum absolute atomic E-state index is 0.187. The van der Waals surface area contributed by atoms with Gasteiger partial charge in [-0.3, -0.25) is 4.79 Å². The minimum Gasteiger partial charge on any atom is -0.497 e. The van der Waals surface area contributed by atoms with Gasteiger partial charge in [0.2, 0.25) is 5.91 Å². The zero-order valence-corrected chi connectivity index (χ0v) is 17.8. The molecule has 4 rings (SSSR count). The normalized spacial score (nSPS) is 11.2. The predicted octanol–water partition coefficient (Wildman–Crippen LogP) is 5.70. The number of aromatic nitrogens is 1. The van der Waals surface area contributed by atoms with Crippen molar-refractivity contribution in [1.82, 2.24) is 4.98 Å². The number of anilines is 1. The number of nitrogens with one attached hydrogen (secondary N) is 1. The van der Waals surface area contributed by atoms with Gasteiger partial charge in [0.25, 0.3) is 0 Å². The van der Waals surface area contributed by atoms with Crippen molar-refractivity contribution in [1.29, 1.82) is 0 Å². The molecule has 1 N–H and O–H groups in total. The molecule has 0 bridgehead atoms.